The Bertz CT molecular complexity index is 995. The van der Waals surface area contributed by atoms with Gasteiger partial charge in [0.2, 0.25) is 5.82 Å². The Balaban J connectivity index is 1.63. The lowest BCUT2D eigenvalue weighted by Crippen LogP contribution is -2.43. The highest BCUT2D eigenvalue weighted by molar-refractivity contribution is 9.10. The van der Waals surface area contributed by atoms with Crippen molar-refractivity contribution in [1.82, 2.24) is 26.4 Å². The van der Waals surface area contributed by atoms with E-state index in [0.717, 1.165) is 6.20 Å². The topological polar surface area (TPSA) is 172 Å². The number of rotatable bonds is 9. The van der Waals surface area contributed by atoms with E-state index in [-0.39, 0.29) is 34.9 Å². The van der Waals surface area contributed by atoms with Gasteiger partial charge in [0.05, 0.1) is 21.7 Å². The number of hydroxylamine groups is 1. The molecule has 0 amide bonds. The average Bonchev–Trinajstić information content (AvgIpc) is 3.25. The highest BCUT2D eigenvalue weighted by Crippen LogP contribution is 2.23. The monoisotopic (exact) mass is 514 g/mol. The van der Waals surface area contributed by atoms with Crippen LogP contribution in [0.2, 0.25) is 0 Å². The molecular weight excluding hydrogens is 495 g/mol. The third kappa shape index (κ3) is 6.43. The Morgan fingerprint density at radius 1 is 1.47 bits per heavy atom. The van der Waals surface area contributed by atoms with Crippen LogP contribution in [0, 0.1) is 15.9 Å². The number of ether oxygens (including phenoxy) is 1. The lowest BCUT2D eigenvalue weighted by molar-refractivity contribution is -0.404. The number of nitro groups is 1. The van der Waals surface area contributed by atoms with Gasteiger partial charge in [-0.1, -0.05) is 0 Å². The van der Waals surface area contributed by atoms with E-state index in [0.29, 0.717) is 31.1 Å². The molecule has 5 N–H and O–H groups in total. The molecule has 15 heteroatoms. The zero-order valence-electron chi connectivity index (χ0n) is 16.5. The molecule has 0 spiro atoms. The Hall–Kier alpha value is -3.14. The summed E-state index contributed by atoms with van der Waals surface area (Å²) in [6.07, 6.45) is 0.424. The fourth-order valence-corrected chi connectivity index (χ4v) is 3.15. The molecule has 1 saturated heterocycles. The normalized spacial score (nSPS) is 17.2. The van der Waals surface area contributed by atoms with Gasteiger partial charge in [0.15, 0.2) is 11.5 Å². The van der Waals surface area contributed by atoms with Crippen LogP contribution in [-0.4, -0.2) is 65.2 Å². The number of hydrogen-bond acceptors (Lipinski definition) is 11. The van der Waals surface area contributed by atoms with Gasteiger partial charge in [-0.25, -0.2) is 14.0 Å². The number of halogens is 2. The average molecular weight is 515 g/mol. The Labute approximate surface area is 189 Å². The summed E-state index contributed by atoms with van der Waals surface area (Å²) in [6.45, 7) is 2.16. The molecule has 32 heavy (non-hydrogen) atoms. The molecule has 1 aromatic carbocycles. The summed E-state index contributed by atoms with van der Waals surface area (Å²) in [5.74, 6) is -0.375. The molecule has 0 radical (unpaired) electrons. The summed E-state index contributed by atoms with van der Waals surface area (Å²) < 4.78 is 23.9. The Morgan fingerprint density at radius 2 is 2.31 bits per heavy atom. The molecule has 2 aromatic rings. The van der Waals surface area contributed by atoms with E-state index in [1.165, 1.54) is 18.2 Å². The smallest absolute Gasteiger partial charge is 0.255 e. The van der Waals surface area contributed by atoms with Crippen molar-refractivity contribution in [2.75, 3.05) is 38.1 Å². The maximum absolute atomic E-state index is 13.4. The van der Waals surface area contributed by atoms with Crippen LogP contribution in [0.4, 0.5) is 15.9 Å². The van der Waals surface area contributed by atoms with E-state index in [2.05, 4.69) is 47.2 Å². The van der Waals surface area contributed by atoms with E-state index >= 15 is 0 Å². The van der Waals surface area contributed by atoms with Crippen LogP contribution < -0.4 is 21.4 Å². The van der Waals surface area contributed by atoms with Crippen LogP contribution in [0.25, 0.3) is 0 Å². The minimum atomic E-state index is -0.545. The van der Waals surface area contributed by atoms with Crippen LogP contribution >= 0.6 is 15.9 Å². The van der Waals surface area contributed by atoms with Gasteiger partial charge < -0.3 is 20.7 Å². The van der Waals surface area contributed by atoms with Crippen LogP contribution in [0.1, 0.15) is 5.69 Å². The SMILES string of the molecule is O=[N+]([O-])C=C(NCCNc1nonc1C(=Nc1ccc(F)c(Br)c1)NO)C1CNCCO1. The van der Waals surface area contributed by atoms with Crippen molar-refractivity contribution in [2.45, 2.75) is 6.10 Å². The molecule has 1 aliphatic heterocycles. The second kappa shape index (κ2) is 11.5. The third-order valence-electron chi connectivity index (χ3n) is 4.23. The number of aromatic nitrogens is 2. The maximum Gasteiger partial charge on any atom is 0.255 e. The quantitative estimate of drug-likeness (QED) is 0.107. The second-order valence-corrected chi connectivity index (χ2v) is 7.27. The van der Waals surface area contributed by atoms with Gasteiger partial charge in [0.1, 0.15) is 17.6 Å². The van der Waals surface area contributed by atoms with Crippen molar-refractivity contribution in [3.63, 3.8) is 0 Å². The number of hydrogen-bond donors (Lipinski definition) is 5. The van der Waals surface area contributed by atoms with Gasteiger partial charge in [0, 0.05) is 26.2 Å². The molecule has 1 fully saturated rings. The van der Waals surface area contributed by atoms with E-state index in [4.69, 9.17) is 9.37 Å². The summed E-state index contributed by atoms with van der Waals surface area (Å²) in [7, 11) is 0. The van der Waals surface area contributed by atoms with Gasteiger partial charge in [-0.2, -0.15) is 0 Å². The molecule has 0 aliphatic carbocycles. The maximum atomic E-state index is 13.4. The summed E-state index contributed by atoms with van der Waals surface area (Å²) in [4.78, 5) is 14.5. The highest BCUT2D eigenvalue weighted by atomic mass is 79.9. The van der Waals surface area contributed by atoms with Crippen LogP contribution in [0.3, 0.4) is 0 Å². The molecular formula is C17H20BrFN8O5. The van der Waals surface area contributed by atoms with Crippen molar-refractivity contribution in [3.05, 3.63) is 56.2 Å². The largest absolute Gasteiger partial charge is 0.379 e. The molecule has 172 valence electrons. The lowest BCUT2D eigenvalue weighted by Gasteiger charge is -2.25. The first-order valence-corrected chi connectivity index (χ1v) is 10.2. The molecule has 1 aliphatic rings. The van der Waals surface area contributed by atoms with E-state index < -0.39 is 16.8 Å². The third-order valence-corrected chi connectivity index (χ3v) is 4.84. The predicted molar refractivity (Wildman–Crippen MR) is 114 cm³/mol. The molecule has 1 unspecified atom stereocenters. The van der Waals surface area contributed by atoms with E-state index in [1.54, 1.807) is 0 Å². The zero-order chi connectivity index (χ0) is 22.9. The molecule has 2 heterocycles. The summed E-state index contributed by atoms with van der Waals surface area (Å²) in [6, 6.07) is 4.04. The number of morpholine rings is 1. The van der Waals surface area contributed by atoms with Crippen LogP contribution in [0.5, 0.6) is 0 Å². The van der Waals surface area contributed by atoms with Crippen LogP contribution in [-0.2, 0) is 4.74 Å². The molecule has 3 rings (SSSR count). The molecule has 1 aromatic heterocycles. The van der Waals surface area contributed by atoms with Gasteiger partial charge in [0.25, 0.3) is 6.20 Å². The number of aliphatic imine (C=N–C) groups is 1. The predicted octanol–water partition coefficient (Wildman–Crippen LogP) is 1.14. The highest BCUT2D eigenvalue weighted by Gasteiger charge is 2.21. The van der Waals surface area contributed by atoms with Crippen molar-refractivity contribution < 1.29 is 23.9 Å². The number of nitrogens with one attached hydrogen (secondary N) is 4. The molecule has 1 atom stereocenters. The summed E-state index contributed by atoms with van der Waals surface area (Å²) in [5, 5.41) is 36.9. The fourth-order valence-electron chi connectivity index (χ4n) is 2.78. The second-order valence-electron chi connectivity index (χ2n) is 6.42. The summed E-state index contributed by atoms with van der Waals surface area (Å²) in [5.41, 5.74) is 2.66. The number of amidine groups is 1. The molecule has 13 nitrogen and oxygen atoms in total. The van der Waals surface area contributed by atoms with Gasteiger partial charge in [-0.05, 0) is 44.4 Å². The van der Waals surface area contributed by atoms with Crippen molar-refractivity contribution >= 4 is 33.3 Å². The first kappa shape index (κ1) is 23.5. The molecule has 0 bridgehead atoms. The number of benzene rings is 1. The van der Waals surface area contributed by atoms with Crippen molar-refractivity contribution in [1.29, 1.82) is 0 Å². The van der Waals surface area contributed by atoms with Crippen molar-refractivity contribution in [3.8, 4) is 0 Å². The minimum absolute atomic E-state index is 0.0776. The van der Waals surface area contributed by atoms with E-state index in [1.807, 2.05) is 5.48 Å². The standard InChI is InChI=1S/C17H20BrFN8O5/c18-11-7-10(1-2-12(11)19)23-17(24-28)15-16(26-32-25-15)22-4-3-21-13(9-27(29)30)14-8-20-5-6-31-14/h1-2,7,9,14,20-21,28H,3-6,8H2,(H,22,26)(H,23,24). The number of nitrogens with zero attached hydrogens (tertiary/aromatic N) is 4. The summed E-state index contributed by atoms with van der Waals surface area (Å²) >= 11 is 3.07. The minimum Gasteiger partial charge on any atom is -0.379 e. The van der Waals surface area contributed by atoms with E-state index in [9.17, 15) is 19.7 Å². The van der Waals surface area contributed by atoms with Gasteiger partial charge in [-0.15, -0.1) is 0 Å². The van der Waals surface area contributed by atoms with Gasteiger partial charge >= 0.3 is 0 Å². The first-order valence-electron chi connectivity index (χ1n) is 9.40. The Morgan fingerprint density at radius 3 is 3.00 bits per heavy atom. The number of anilines is 1. The zero-order valence-corrected chi connectivity index (χ0v) is 18.1. The first-order chi connectivity index (χ1) is 15.5. The Kier molecular flexibility index (Phi) is 8.43. The van der Waals surface area contributed by atoms with Crippen molar-refractivity contribution in [2.24, 2.45) is 4.99 Å². The van der Waals surface area contributed by atoms with Gasteiger partial charge in [-0.3, -0.25) is 20.8 Å². The molecule has 0 saturated carbocycles. The lowest BCUT2D eigenvalue weighted by atomic mass is 10.2. The van der Waals surface area contributed by atoms with Crippen LogP contribution in [0.15, 0.2) is 44.2 Å². The fraction of sp³-hybridized carbons (Fsp3) is 0.353.